The fraction of sp³-hybridized carbons (Fsp3) is 0.600. The monoisotopic (exact) mass is 372 g/mol. The molecule has 1 saturated heterocycles. The Bertz CT molecular complexity index is 829. The molecule has 26 heavy (non-hydrogen) atoms. The summed E-state index contributed by atoms with van der Waals surface area (Å²) in [7, 11) is 1.62. The third-order valence-corrected chi connectivity index (χ3v) is 4.42. The van der Waals surface area contributed by atoms with Crippen molar-refractivity contribution in [2.75, 3.05) is 44.8 Å². The second-order valence-electron chi connectivity index (χ2n) is 6.18. The van der Waals surface area contributed by atoms with Gasteiger partial charge in [0.15, 0.2) is 11.5 Å². The number of morpholine rings is 1. The van der Waals surface area contributed by atoms with E-state index < -0.39 is 12.0 Å². The maximum absolute atomic E-state index is 13.1. The standard InChI is InChI=1S/C15H19F3N6O2/c1-9-10(2)13(21-24-12(9)19-20-14(24)15(16,17)18)22(3)8-11(25)23-4-6-26-7-5-23/h4-8H2,1-3H3. The zero-order valence-electron chi connectivity index (χ0n) is 14.7. The average molecular weight is 372 g/mol. The molecule has 0 atom stereocenters. The third kappa shape index (κ3) is 3.30. The molecule has 2 aromatic rings. The Kier molecular flexibility index (Phi) is 4.74. The summed E-state index contributed by atoms with van der Waals surface area (Å²) in [5.74, 6) is -1.04. The summed E-state index contributed by atoms with van der Waals surface area (Å²) in [6.45, 7) is 5.35. The van der Waals surface area contributed by atoms with Crippen molar-refractivity contribution in [3.8, 4) is 0 Å². The third-order valence-electron chi connectivity index (χ3n) is 4.42. The van der Waals surface area contributed by atoms with Crippen LogP contribution in [0.4, 0.5) is 19.0 Å². The van der Waals surface area contributed by atoms with Crippen LogP contribution in [0.15, 0.2) is 0 Å². The lowest BCUT2D eigenvalue weighted by atomic mass is 10.2. The maximum Gasteiger partial charge on any atom is 0.453 e. The zero-order chi connectivity index (χ0) is 19.1. The molecule has 0 aromatic carbocycles. The number of fused-ring (bicyclic) bond motifs is 1. The first-order valence-electron chi connectivity index (χ1n) is 8.06. The number of ether oxygens (including phenoxy) is 1. The maximum atomic E-state index is 13.1. The van der Waals surface area contributed by atoms with E-state index in [-0.39, 0.29) is 23.9 Å². The highest BCUT2D eigenvalue weighted by Crippen LogP contribution is 2.30. The molecular formula is C15H19F3N6O2. The van der Waals surface area contributed by atoms with Gasteiger partial charge < -0.3 is 14.5 Å². The number of nitrogens with zero attached hydrogens (tertiary/aromatic N) is 6. The fourth-order valence-corrected chi connectivity index (χ4v) is 2.84. The van der Waals surface area contributed by atoms with Crippen LogP contribution in [-0.4, -0.2) is 70.5 Å². The minimum Gasteiger partial charge on any atom is -0.378 e. The first-order valence-corrected chi connectivity index (χ1v) is 8.06. The Hall–Kier alpha value is -2.43. The highest BCUT2D eigenvalue weighted by Gasteiger charge is 2.38. The number of anilines is 1. The molecule has 0 bridgehead atoms. The average Bonchev–Trinajstić information content (AvgIpc) is 3.03. The molecule has 0 saturated carbocycles. The molecule has 8 nitrogen and oxygen atoms in total. The number of halogens is 3. The van der Waals surface area contributed by atoms with Crippen molar-refractivity contribution >= 4 is 17.4 Å². The number of aryl methyl sites for hydroxylation is 1. The van der Waals surface area contributed by atoms with E-state index in [0.29, 0.717) is 41.9 Å². The Balaban J connectivity index is 1.93. The quantitative estimate of drug-likeness (QED) is 0.802. The number of aromatic nitrogens is 4. The topological polar surface area (TPSA) is 75.9 Å². The van der Waals surface area contributed by atoms with Gasteiger partial charge in [-0.2, -0.15) is 17.7 Å². The molecule has 0 unspecified atom stereocenters. The summed E-state index contributed by atoms with van der Waals surface area (Å²) in [4.78, 5) is 15.6. The van der Waals surface area contributed by atoms with Gasteiger partial charge in [-0.25, -0.2) is 0 Å². The lowest BCUT2D eigenvalue weighted by molar-refractivity contribution is -0.146. The van der Waals surface area contributed by atoms with Gasteiger partial charge in [0, 0.05) is 31.3 Å². The Morgan fingerprint density at radius 3 is 2.46 bits per heavy atom. The van der Waals surface area contributed by atoms with Gasteiger partial charge in [-0.05, 0) is 13.8 Å². The summed E-state index contributed by atoms with van der Waals surface area (Å²) in [6.07, 6.45) is -4.67. The molecule has 0 aliphatic carbocycles. The molecule has 1 aliphatic heterocycles. The summed E-state index contributed by atoms with van der Waals surface area (Å²) in [6, 6.07) is 0. The van der Waals surface area contributed by atoms with Crippen molar-refractivity contribution in [3.63, 3.8) is 0 Å². The number of likely N-dealkylation sites (N-methyl/N-ethyl adjacent to an activating group) is 1. The minimum atomic E-state index is -4.67. The van der Waals surface area contributed by atoms with Gasteiger partial charge in [0.05, 0.1) is 19.8 Å². The van der Waals surface area contributed by atoms with E-state index >= 15 is 0 Å². The summed E-state index contributed by atoms with van der Waals surface area (Å²) >= 11 is 0. The number of carbonyl (C=O) groups is 1. The van der Waals surface area contributed by atoms with Crippen molar-refractivity contribution in [3.05, 3.63) is 17.0 Å². The van der Waals surface area contributed by atoms with E-state index in [4.69, 9.17) is 4.74 Å². The van der Waals surface area contributed by atoms with Crippen molar-refractivity contribution in [1.82, 2.24) is 24.7 Å². The van der Waals surface area contributed by atoms with E-state index in [1.54, 1.807) is 30.7 Å². The van der Waals surface area contributed by atoms with E-state index in [1.807, 2.05) is 0 Å². The molecule has 0 spiro atoms. The summed E-state index contributed by atoms with van der Waals surface area (Å²) < 4.78 is 45.3. The van der Waals surface area contributed by atoms with Crippen LogP contribution < -0.4 is 4.90 Å². The van der Waals surface area contributed by atoms with Crippen molar-refractivity contribution in [2.45, 2.75) is 20.0 Å². The van der Waals surface area contributed by atoms with E-state index in [0.717, 1.165) is 0 Å². The second kappa shape index (κ2) is 6.71. The van der Waals surface area contributed by atoms with Crippen molar-refractivity contribution in [1.29, 1.82) is 0 Å². The second-order valence-corrected chi connectivity index (χ2v) is 6.18. The molecule has 1 aliphatic rings. The van der Waals surface area contributed by atoms with Gasteiger partial charge in [0.2, 0.25) is 5.91 Å². The SMILES string of the molecule is Cc1c(N(C)CC(=O)N2CCOCC2)nn2c(C(F)(F)F)nnc2c1C. The molecule has 0 N–H and O–H groups in total. The molecule has 3 rings (SSSR count). The number of amides is 1. The highest BCUT2D eigenvalue weighted by molar-refractivity contribution is 5.81. The normalized spacial score (nSPS) is 15.5. The van der Waals surface area contributed by atoms with E-state index in [2.05, 4.69) is 15.3 Å². The number of alkyl halides is 3. The lowest BCUT2D eigenvalue weighted by Gasteiger charge is -2.29. The van der Waals surface area contributed by atoms with Gasteiger partial charge in [-0.3, -0.25) is 4.79 Å². The lowest BCUT2D eigenvalue weighted by Crippen LogP contribution is -2.45. The molecule has 3 heterocycles. The number of hydrogen-bond donors (Lipinski definition) is 0. The van der Waals surface area contributed by atoms with Crippen LogP contribution >= 0.6 is 0 Å². The van der Waals surface area contributed by atoms with Gasteiger partial charge >= 0.3 is 6.18 Å². The molecule has 2 aromatic heterocycles. The number of carbonyl (C=O) groups excluding carboxylic acids is 1. The van der Waals surface area contributed by atoms with Gasteiger partial charge in [0.1, 0.15) is 0 Å². The Morgan fingerprint density at radius 2 is 1.85 bits per heavy atom. The zero-order valence-corrected chi connectivity index (χ0v) is 14.7. The minimum absolute atomic E-state index is 0.00225. The van der Waals surface area contributed by atoms with Crippen LogP contribution in [0.25, 0.3) is 5.65 Å². The predicted octanol–water partition coefficient (Wildman–Crippen LogP) is 1.05. The van der Waals surface area contributed by atoms with Crippen molar-refractivity contribution < 1.29 is 22.7 Å². The smallest absolute Gasteiger partial charge is 0.378 e. The Morgan fingerprint density at radius 1 is 1.19 bits per heavy atom. The van der Waals surface area contributed by atoms with E-state index in [9.17, 15) is 18.0 Å². The number of hydrogen-bond acceptors (Lipinski definition) is 6. The summed E-state index contributed by atoms with van der Waals surface area (Å²) in [5.41, 5.74) is 1.23. The fourth-order valence-electron chi connectivity index (χ4n) is 2.84. The van der Waals surface area contributed by atoms with Crippen LogP contribution in [-0.2, 0) is 15.7 Å². The van der Waals surface area contributed by atoms with Gasteiger partial charge in [-0.15, -0.1) is 15.3 Å². The van der Waals surface area contributed by atoms with Crippen LogP contribution in [0.2, 0.25) is 0 Å². The molecule has 142 valence electrons. The number of rotatable bonds is 3. The summed E-state index contributed by atoms with van der Waals surface area (Å²) in [5, 5.41) is 10.9. The van der Waals surface area contributed by atoms with Gasteiger partial charge in [0.25, 0.3) is 5.82 Å². The first-order chi connectivity index (χ1) is 12.2. The van der Waals surface area contributed by atoms with Crippen LogP contribution in [0, 0.1) is 13.8 Å². The van der Waals surface area contributed by atoms with E-state index in [1.165, 1.54) is 0 Å². The van der Waals surface area contributed by atoms with Gasteiger partial charge in [-0.1, -0.05) is 0 Å². The van der Waals surface area contributed by atoms with Crippen molar-refractivity contribution in [2.24, 2.45) is 0 Å². The van der Waals surface area contributed by atoms with Crippen LogP contribution in [0.3, 0.4) is 0 Å². The predicted molar refractivity (Wildman–Crippen MR) is 85.9 cm³/mol. The first kappa shape index (κ1) is 18.4. The largest absolute Gasteiger partial charge is 0.453 e. The molecule has 1 amide bonds. The molecule has 1 fully saturated rings. The molecular weight excluding hydrogens is 353 g/mol. The highest BCUT2D eigenvalue weighted by atomic mass is 19.4. The van der Waals surface area contributed by atoms with Crippen LogP contribution in [0.1, 0.15) is 17.0 Å². The molecule has 0 radical (unpaired) electrons. The van der Waals surface area contributed by atoms with Crippen LogP contribution in [0.5, 0.6) is 0 Å². The Labute approximate surface area is 147 Å². The molecule has 11 heteroatoms.